The van der Waals surface area contributed by atoms with Gasteiger partial charge in [-0.25, -0.2) is 0 Å². The van der Waals surface area contributed by atoms with Crippen LogP contribution in [-0.4, -0.2) is 18.4 Å². The van der Waals surface area contributed by atoms with Gasteiger partial charge in [-0.1, -0.05) is 6.92 Å². The van der Waals surface area contributed by atoms with Gasteiger partial charge >= 0.3 is 0 Å². The first kappa shape index (κ1) is 10.4. The Balaban J connectivity index is 4.05. The molecule has 0 saturated carbocycles. The summed E-state index contributed by atoms with van der Waals surface area (Å²) >= 11 is 0. The fraction of sp³-hybridized carbons (Fsp3) is 0.571. The van der Waals surface area contributed by atoms with Crippen LogP contribution < -0.4 is 11.1 Å². The van der Waals surface area contributed by atoms with Crippen LogP contribution in [0.25, 0.3) is 0 Å². The molecule has 66 valence electrons. The van der Waals surface area contributed by atoms with Crippen LogP contribution in [0.1, 0.15) is 13.3 Å². The van der Waals surface area contributed by atoms with Gasteiger partial charge in [0.2, 0.25) is 11.8 Å². The number of rotatable bonds is 4. The van der Waals surface area contributed by atoms with Gasteiger partial charge in [0, 0.05) is 0 Å². The molecule has 0 saturated heterocycles. The molecule has 0 heterocycles. The third kappa shape index (κ3) is 3.01. The van der Waals surface area contributed by atoms with E-state index in [1.165, 1.54) is 0 Å². The van der Waals surface area contributed by atoms with Gasteiger partial charge in [0.1, 0.15) is 12.5 Å². The van der Waals surface area contributed by atoms with Crippen LogP contribution in [0, 0.1) is 17.2 Å². The second-order valence-corrected chi connectivity index (χ2v) is 2.24. The summed E-state index contributed by atoms with van der Waals surface area (Å²) in [5, 5.41) is 10.4. The van der Waals surface area contributed by atoms with E-state index in [-0.39, 0.29) is 6.54 Å². The molecule has 0 aromatic rings. The standard InChI is InChI=1S/C7H11N3O2/c1-2-5(6(9)11)7(12)10-4-3-8/h5H,2,4H2,1H3,(H2,9,11)(H,10,12). The molecule has 0 aliphatic heterocycles. The summed E-state index contributed by atoms with van der Waals surface area (Å²) in [6.45, 7) is 1.59. The number of primary amides is 1. The van der Waals surface area contributed by atoms with Crippen molar-refractivity contribution in [1.29, 1.82) is 5.26 Å². The molecular weight excluding hydrogens is 158 g/mol. The number of carbonyl (C=O) groups is 2. The summed E-state index contributed by atoms with van der Waals surface area (Å²) in [6.07, 6.45) is 0.354. The van der Waals surface area contributed by atoms with E-state index >= 15 is 0 Å². The largest absolute Gasteiger partial charge is 0.369 e. The molecule has 0 rings (SSSR count). The third-order valence-electron chi connectivity index (χ3n) is 1.41. The van der Waals surface area contributed by atoms with Crippen molar-refractivity contribution in [3.8, 4) is 6.07 Å². The average Bonchev–Trinajstić information content (AvgIpc) is 2.01. The van der Waals surface area contributed by atoms with Gasteiger partial charge in [-0.05, 0) is 6.42 Å². The van der Waals surface area contributed by atoms with E-state index in [1.54, 1.807) is 13.0 Å². The van der Waals surface area contributed by atoms with Crippen molar-refractivity contribution >= 4 is 11.8 Å². The second kappa shape index (κ2) is 5.13. The van der Waals surface area contributed by atoms with Crippen LogP contribution in [0.3, 0.4) is 0 Å². The van der Waals surface area contributed by atoms with Crippen LogP contribution in [0.4, 0.5) is 0 Å². The zero-order valence-electron chi connectivity index (χ0n) is 6.83. The van der Waals surface area contributed by atoms with Crippen LogP contribution >= 0.6 is 0 Å². The van der Waals surface area contributed by atoms with Crippen molar-refractivity contribution in [2.45, 2.75) is 13.3 Å². The molecular formula is C7H11N3O2. The van der Waals surface area contributed by atoms with Crippen LogP contribution in [0.15, 0.2) is 0 Å². The highest BCUT2D eigenvalue weighted by Crippen LogP contribution is 2.00. The molecule has 0 bridgehead atoms. The van der Waals surface area contributed by atoms with E-state index < -0.39 is 17.7 Å². The Kier molecular flexibility index (Phi) is 4.46. The number of nitrogens with one attached hydrogen (secondary N) is 1. The second-order valence-electron chi connectivity index (χ2n) is 2.24. The molecule has 3 N–H and O–H groups in total. The highest BCUT2D eigenvalue weighted by molar-refractivity contribution is 5.99. The van der Waals surface area contributed by atoms with Crippen molar-refractivity contribution in [2.24, 2.45) is 11.7 Å². The summed E-state index contributed by atoms with van der Waals surface area (Å²) in [5.41, 5.74) is 4.94. The van der Waals surface area contributed by atoms with Crippen molar-refractivity contribution in [1.82, 2.24) is 5.32 Å². The third-order valence-corrected chi connectivity index (χ3v) is 1.41. The normalized spacial score (nSPS) is 11.3. The smallest absolute Gasteiger partial charge is 0.233 e. The Bertz CT molecular complexity index is 219. The van der Waals surface area contributed by atoms with E-state index in [1.807, 2.05) is 0 Å². The predicted molar refractivity (Wildman–Crippen MR) is 41.6 cm³/mol. The van der Waals surface area contributed by atoms with Gasteiger partial charge in [0.25, 0.3) is 0 Å². The minimum Gasteiger partial charge on any atom is -0.369 e. The molecule has 0 aromatic heterocycles. The summed E-state index contributed by atoms with van der Waals surface area (Å²) in [7, 11) is 0. The number of hydrogen-bond acceptors (Lipinski definition) is 3. The van der Waals surface area contributed by atoms with E-state index in [0.717, 1.165) is 0 Å². The quantitative estimate of drug-likeness (QED) is 0.423. The van der Waals surface area contributed by atoms with Gasteiger partial charge in [0.05, 0.1) is 6.07 Å². The Hall–Kier alpha value is -1.57. The molecule has 0 fully saturated rings. The van der Waals surface area contributed by atoms with Crippen molar-refractivity contribution in [2.75, 3.05) is 6.54 Å². The van der Waals surface area contributed by atoms with Crippen LogP contribution in [0.2, 0.25) is 0 Å². The maximum atomic E-state index is 11.0. The lowest BCUT2D eigenvalue weighted by atomic mass is 10.1. The van der Waals surface area contributed by atoms with E-state index in [4.69, 9.17) is 11.0 Å². The molecule has 2 amide bonds. The number of nitriles is 1. The lowest BCUT2D eigenvalue weighted by Gasteiger charge is -2.08. The van der Waals surface area contributed by atoms with Crippen molar-refractivity contribution in [3.63, 3.8) is 0 Å². The zero-order valence-corrected chi connectivity index (χ0v) is 6.83. The van der Waals surface area contributed by atoms with E-state index in [2.05, 4.69) is 5.32 Å². The minimum absolute atomic E-state index is 0.0946. The SMILES string of the molecule is CCC(C(N)=O)C(=O)NCC#N. The molecule has 5 heteroatoms. The molecule has 0 aliphatic carbocycles. The van der Waals surface area contributed by atoms with Crippen molar-refractivity contribution in [3.05, 3.63) is 0 Å². The van der Waals surface area contributed by atoms with E-state index in [0.29, 0.717) is 6.42 Å². The van der Waals surface area contributed by atoms with Crippen LogP contribution in [0.5, 0.6) is 0 Å². The summed E-state index contributed by atoms with van der Waals surface area (Å²) < 4.78 is 0. The Morgan fingerprint density at radius 1 is 1.67 bits per heavy atom. The predicted octanol–water partition coefficient (Wildman–Crippen LogP) is -0.862. The monoisotopic (exact) mass is 169 g/mol. The summed E-state index contributed by atoms with van der Waals surface area (Å²) in [4.78, 5) is 21.6. The Morgan fingerprint density at radius 3 is 2.58 bits per heavy atom. The Labute approximate surface area is 70.5 Å². The van der Waals surface area contributed by atoms with E-state index in [9.17, 15) is 9.59 Å². The molecule has 0 aliphatic rings. The van der Waals surface area contributed by atoms with Gasteiger partial charge < -0.3 is 11.1 Å². The zero-order chi connectivity index (χ0) is 9.56. The fourth-order valence-electron chi connectivity index (χ4n) is 0.766. The van der Waals surface area contributed by atoms with Gasteiger partial charge in [0.15, 0.2) is 0 Å². The lowest BCUT2D eigenvalue weighted by Crippen LogP contribution is -2.38. The first-order chi connectivity index (χ1) is 5.63. The highest BCUT2D eigenvalue weighted by atomic mass is 16.2. The molecule has 12 heavy (non-hydrogen) atoms. The average molecular weight is 169 g/mol. The summed E-state index contributed by atoms with van der Waals surface area (Å²) in [5.74, 6) is -1.96. The molecule has 1 atom stereocenters. The number of amides is 2. The molecule has 0 radical (unpaired) electrons. The first-order valence-corrected chi connectivity index (χ1v) is 3.57. The number of nitrogens with two attached hydrogens (primary N) is 1. The topological polar surface area (TPSA) is 96.0 Å². The lowest BCUT2D eigenvalue weighted by molar-refractivity contribution is -0.133. The Morgan fingerprint density at radius 2 is 2.25 bits per heavy atom. The minimum atomic E-state index is -0.821. The first-order valence-electron chi connectivity index (χ1n) is 3.57. The highest BCUT2D eigenvalue weighted by Gasteiger charge is 2.21. The maximum Gasteiger partial charge on any atom is 0.233 e. The molecule has 0 spiro atoms. The molecule has 0 aromatic carbocycles. The van der Waals surface area contributed by atoms with Gasteiger partial charge in [-0.15, -0.1) is 0 Å². The number of carbonyl (C=O) groups excluding carboxylic acids is 2. The maximum absolute atomic E-state index is 11.0. The summed E-state index contributed by atoms with van der Waals surface area (Å²) in [6, 6.07) is 1.73. The van der Waals surface area contributed by atoms with Crippen LogP contribution in [-0.2, 0) is 9.59 Å². The number of hydrogen-bond donors (Lipinski definition) is 2. The van der Waals surface area contributed by atoms with Gasteiger partial charge in [-0.2, -0.15) is 5.26 Å². The fourth-order valence-corrected chi connectivity index (χ4v) is 0.766. The number of nitrogens with zero attached hydrogens (tertiary/aromatic N) is 1. The molecule has 1 unspecified atom stereocenters. The van der Waals surface area contributed by atoms with Crippen molar-refractivity contribution < 1.29 is 9.59 Å². The van der Waals surface area contributed by atoms with Gasteiger partial charge in [-0.3, -0.25) is 9.59 Å². The molecule has 5 nitrogen and oxygen atoms in total.